The second-order valence-corrected chi connectivity index (χ2v) is 8.33. The number of aliphatic hydroxyl groups is 1. The van der Waals surface area contributed by atoms with Crippen molar-refractivity contribution in [2.45, 2.75) is 95.9 Å². The predicted molar refractivity (Wildman–Crippen MR) is 106 cm³/mol. The highest BCUT2D eigenvalue weighted by atomic mass is 16.5. The minimum atomic E-state index is -0.808. The Hall–Kier alpha value is -1.40. The number of esters is 1. The van der Waals surface area contributed by atoms with Gasteiger partial charge in [-0.05, 0) is 50.5 Å². The number of ether oxygens (including phenoxy) is 2. The number of rotatable bonds is 12. The van der Waals surface area contributed by atoms with Gasteiger partial charge in [-0.2, -0.15) is 0 Å². The molecule has 2 saturated carbocycles. The Bertz CT molecular complexity index is 545. The van der Waals surface area contributed by atoms with E-state index >= 15 is 0 Å². The van der Waals surface area contributed by atoms with E-state index in [9.17, 15) is 14.7 Å². The first-order valence-electron chi connectivity index (χ1n) is 10.8. The van der Waals surface area contributed by atoms with Crippen LogP contribution in [0, 0.1) is 11.8 Å². The Morgan fingerprint density at radius 3 is 2.71 bits per heavy atom. The van der Waals surface area contributed by atoms with Gasteiger partial charge in [-0.1, -0.05) is 25.8 Å². The molecule has 6 heteroatoms. The van der Waals surface area contributed by atoms with Crippen LogP contribution in [0.5, 0.6) is 0 Å². The van der Waals surface area contributed by atoms with Gasteiger partial charge in [0, 0.05) is 32.3 Å². The first-order valence-corrected chi connectivity index (χ1v) is 10.8. The smallest absolute Gasteiger partial charge is 0.303 e. The maximum absolute atomic E-state index is 11.4. The third kappa shape index (κ3) is 6.59. The van der Waals surface area contributed by atoms with Crippen LogP contribution in [0.2, 0.25) is 0 Å². The fourth-order valence-corrected chi connectivity index (χ4v) is 4.71. The third-order valence-corrected chi connectivity index (χ3v) is 6.13. The number of carboxylic acids is 1. The van der Waals surface area contributed by atoms with Crippen molar-refractivity contribution in [3.8, 4) is 0 Å². The summed E-state index contributed by atoms with van der Waals surface area (Å²) in [5.74, 6) is -0.810. The monoisotopic (exact) mass is 396 g/mol. The molecule has 0 aromatic rings. The topological polar surface area (TPSA) is 93.1 Å². The summed E-state index contributed by atoms with van der Waals surface area (Å²) in [5, 5.41) is 20.0. The van der Waals surface area contributed by atoms with Crippen LogP contribution in [0.3, 0.4) is 0 Å². The molecule has 0 radical (unpaired) electrons. The summed E-state index contributed by atoms with van der Waals surface area (Å²) in [4.78, 5) is 22.0. The van der Waals surface area contributed by atoms with Crippen LogP contribution in [0.4, 0.5) is 0 Å². The van der Waals surface area contributed by atoms with Gasteiger partial charge in [-0.25, -0.2) is 0 Å². The average molecular weight is 397 g/mol. The van der Waals surface area contributed by atoms with Crippen molar-refractivity contribution in [1.29, 1.82) is 0 Å². The molecule has 6 nitrogen and oxygen atoms in total. The predicted octanol–water partition coefficient (Wildman–Crippen LogP) is 3.86. The standard InChI is InChI=1S/C22H36O6/c1-3-4-5-7-19(28-16(2)23)12-11-17-9-10-18-14-20(15-22(17,18)26)27-13-6-8-21(24)25/h11-12,17-20,26H,3-10,13-15H2,1-2H3,(H,24,25)/t17-,18-,19?,20?,22-/m1/s1. The van der Waals surface area contributed by atoms with E-state index in [0.29, 0.717) is 19.4 Å². The van der Waals surface area contributed by atoms with Gasteiger partial charge < -0.3 is 19.7 Å². The van der Waals surface area contributed by atoms with Gasteiger partial charge in [-0.3, -0.25) is 9.59 Å². The number of fused-ring (bicyclic) bond motifs is 1. The van der Waals surface area contributed by atoms with Crippen LogP contribution in [0.25, 0.3) is 0 Å². The van der Waals surface area contributed by atoms with Crippen LogP contribution in [0.15, 0.2) is 12.2 Å². The molecule has 5 atom stereocenters. The lowest BCUT2D eigenvalue weighted by molar-refractivity contribution is -0.144. The molecule has 0 bridgehead atoms. The van der Waals surface area contributed by atoms with Crippen molar-refractivity contribution in [3.63, 3.8) is 0 Å². The van der Waals surface area contributed by atoms with E-state index in [1.807, 2.05) is 12.2 Å². The van der Waals surface area contributed by atoms with Crippen LogP contribution in [-0.2, 0) is 19.1 Å². The Morgan fingerprint density at radius 1 is 1.25 bits per heavy atom. The summed E-state index contributed by atoms with van der Waals surface area (Å²) in [5.41, 5.74) is -0.766. The molecule has 2 aliphatic carbocycles. The quantitative estimate of drug-likeness (QED) is 0.296. The van der Waals surface area contributed by atoms with Crippen LogP contribution in [0.1, 0.15) is 78.1 Å². The number of carbonyl (C=O) groups is 2. The molecule has 160 valence electrons. The molecule has 2 rings (SSSR count). The highest BCUT2D eigenvalue weighted by molar-refractivity contribution is 5.66. The third-order valence-electron chi connectivity index (χ3n) is 6.13. The summed E-state index contributed by atoms with van der Waals surface area (Å²) in [6, 6.07) is 0. The van der Waals surface area contributed by atoms with Gasteiger partial charge in [-0.15, -0.1) is 0 Å². The molecule has 2 N–H and O–H groups in total. The van der Waals surface area contributed by atoms with E-state index in [4.69, 9.17) is 14.6 Å². The average Bonchev–Trinajstić information content (AvgIpc) is 3.09. The molecule has 2 aliphatic rings. The molecule has 0 aromatic heterocycles. The van der Waals surface area contributed by atoms with E-state index in [1.165, 1.54) is 6.92 Å². The van der Waals surface area contributed by atoms with E-state index in [1.54, 1.807) is 0 Å². The summed E-state index contributed by atoms with van der Waals surface area (Å²) in [7, 11) is 0. The highest BCUT2D eigenvalue weighted by Gasteiger charge is 2.54. The zero-order valence-electron chi connectivity index (χ0n) is 17.3. The first kappa shape index (κ1) is 22.9. The van der Waals surface area contributed by atoms with Crippen LogP contribution >= 0.6 is 0 Å². The van der Waals surface area contributed by atoms with Crippen molar-refractivity contribution in [3.05, 3.63) is 12.2 Å². The molecule has 0 heterocycles. The molecule has 0 aliphatic heterocycles. The van der Waals surface area contributed by atoms with E-state index in [0.717, 1.165) is 44.9 Å². The molecule has 28 heavy (non-hydrogen) atoms. The van der Waals surface area contributed by atoms with Crippen molar-refractivity contribution < 1.29 is 29.3 Å². The van der Waals surface area contributed by atoms with Crippen molar-refractivity contribution in [1.82, 2.24) is 0 Å². The minimum Gasteiger partial charge on any atom is -0.481 e. The number of carboxylic acid groups (broad SMARTS) is 1. The Labute approximate surface area is 168 Å². The molecule has 2 fully saturated rings. The fraction of sp³-hybridized carbons (Fsp3) is 0.818. The number of carbonyl (C=O) groups excluding carboxylic acids is 1. The molecule has 0 saturated heterocycles. The Morgan fingerprint density at radius 2 is 2.04 bits per heavy atom. The second-order valence-electron chi connectivity index (χ2n) is 8.33. The van der Waals surface area contributed by atoms with Gasteiger partial charge in [0.15, 0.2) is 0 Å². The van der Waals surface area contributed by atoms with Gasteiger partial charge >= 0.3 is 11.9 Å². The molecular formula is C22H36O6. The lowest BCUT2D eigenvalue weighted by Crippen LogP contribution is -2.35. The summed E-state index contributed by atoms with van der Waals surface area (Å²) in [6.07, 6.45) is 11.8. The number of unbranched alkanes of at least 4 members (excludes halogenated alkanes) is 2. The summed E-state index contributed by atoms with van der Waals surface area (Å²) >= 11 is 0. The molecule has 0 amide bonds. The Balaban J connectivity index is 1.88. The zero-order chi connectivity index (χ0) is 20.6. The van der Waals surface area contributed by atoms with E-state index in [2.05, 4.69) is 6.92 Å². The van der Waals surface area contributed by atoms with Crippen molar-refractivity contribution in [2.75, 3.05) is 6.61 Å². The van der Waals surface area contributed by atoms with E-state index in [-0.39, 0.29) is 36.4 Å². The summed E-state index contributed by atoms with van der Waals surface area (Å²) < 4.78 is 11.3. The first-order chi connectivity index (χ1) is 13.3. The van der Waals surface area contributed by atoms with Gasteiger partial charge in [0.05, 0.1) is 11.7 Å². The normalized spacial score (nSPS) is 30.5. The molecular weight excluding hydrogens is 360 g/mol. The molecule has 0 spiro atoms. The molecule has 2 unspecified atom stereocenters. The zero-order valence-corrected chi connectivity index (χ0v) is 17.3. The second kappa shape index (κ2) is 11.0. The number of hydrogen-bond donors (Lipinski definition) is 2. The van der Waals surface area contributed by atoms with Crippen molar-refractivity contribution >= 4 is 11.9 Å². The number of aliphatic carboxylic acids is 1. The van der Waals surface area contributed by atoms with Gasteiger partial charge in [0.25, 0.3) is 0 Å². The molecule has 0 aromatic carbocycles. The van der Waals surface area contributed by atoms with Crippen LogP contribution < -0.4 is 0 Å². The SMILES string of the molecule is CCCCCC(C=C[C@H]1CC[C@@H]2CC(OCCCC(=O)O)C[C@]21O)OC(C)=O. The Kier molecular flexibility index (Phi) is 8.96. The maximum atomic E-state index is 11.4. The van der Waals surface area contributed by atoms with Crippen molar-refractivity contribution in [2.24, 2.45) is 11.8 Å². The fourth-order valence-electron chi connectivity index (χ4n) is 4.71. The van der Waals surface area contributed by atoms with Gasteiger partial charge in [0.2, 0.25) is 0 Å². The largest absolute Gasteiger partial charge is 0.481 e. The number of hydrogen-bond acceptors (Lipinski definition) is 5. The van der Waals surface area contributed by atoms with Crippen LogP contribution in [-0.4, -0.2) is 46.6 Å². The highest BCUT2D eigenvalue weighted by Crippen LogP contribution is 2.52. The maximum Gasteiger partial charge on any atom is 0.303 e. The lowest BCUT2D eigenvalue weighted by atomic mass is 9.86. The van der Waals surface area contributed by atoms with Gasteiger partial charge in [0.1, 0.15) is 6.10 Å². The minimum absolute atomic E-state index is 0.00573. The lowest BCUT2D eigenvalue weighted by Gasteiger charge is -2.28. The van der Waals surface area contributed by atoms with E-state index < -0.39 is 11.6 Å². The summed E-state index contributed by atoms with van der Waals surface area (Å²) in [6.45, 7) is 4.00.